The van der Waals surface area contributed by atoms with E-state index in [9.17, 15) is 9.59 Å². The molecule has 140 valence electrons. The minimum absolute atomic E-state index is 0.182. The maximum atomic E-state index is 12.0. The number of carbonyl (C=O) groups excluding carboxylic acids is 2. The first kappa shape index (κ1) is 19.3. The molecule has 2 N–H and O–H groups in total. The van der Waals surface area contributed by atoms with Gasteiger partial charge in [-0.05, 0) is 36.6 Å². The van der Waals surface area contributed by atoms with E-state index >= 15 is 0 Å². The molecule has 1 heterocycles. The van der Waals surface area contributed by atoms with Crippen molar-refractivity contribution in [3.63, 3.8) is 0 Å². The van der Waals surface area contributed by atoms with Crippen molar-refractivity contribution in [1.82, 2.24) is 4.98 Å². The zero-order valence-electron chi connectivity index (χ0n) is 14.6. The molecule has 7 heteroatoms. The summed E-state index contributed by atoms with van der Waals surface area (Å²) in [6.45, 7) is 1.41. The summed E-state index contributed by atoms with van der Waals surface area (Å²) in [5.41, 5.74) is 3.16. The molecule has 0 radical (unpaired) electrons. The number of aromatic nitrogens is 1. The number of amides is 1. The van der Waals surface area contributed by atoms with Crippen molar-refractivity contribution in [3.8, 4) is 0 Å². The van der Waals surface area contributed by atoms with Crippen molar-refractivity contribution >= 4 is 51.7 Å². The van der Waals surface area contributed by atoms with E-state index in [1.807, 2.05) is 30.5 Å². The lowest BCUT2D eigenvalue weighted by Gasteiger charge is -2.11. The highest BCUT2D eigenvalue weighted by Gasteiger charge is 2.14. The van der Waals surface area contributed by atoms with Gasteiger partial charge in [0.05, 0.1) is 15.7 Å². The number of aromatic amines is 1. The van der Waals surface area contributed by atoms with E-state index < -0.39 is 18.5 Å². The van der Waals surface area contributed by atoms with E-state index in [1.54, 1.807) is 19.1 Å². The first-order valence-corrected chi connectivity index (χ1v) is 9.16. The molecule has 1 aromatic heterocycles. The maximum absolute atomic E-state index is 12.0. The van der Waals surface area contributed by atoms with Gasteiger partial charge in [0.15, 0.2) is 6.61 Å². The first-order chi connectivity index (χ1) is 13.0. The number of H-pyrrole nitrogens is 1. The molecule has 0 spiro atoms. The van der Waals surface area contributed by atoms with E-state index in [0.717, 1.165) is 22.0 Å². The predicted molar refractivity (Wildman–Crippen MR) is 107 cm³/mol. The molecule has 3 aromatic rings. The van der Waals surface area contributed by atoms with Crippen molar-refractivity contribution in [1.29, 1.82) is 0 Å². The molecule has 2 aromatic carbocycles. The number of halogens is 2. The Balaban J connectivity index is 1.50. The molecule has 0 atom stereocenters. The monoisotopic (exact) mass is 404 g/mol. The summed E-state index contributed by atoms with van der Waals surface area (Å²) >= 11 is 12.2. The summed E-state index contributed by atoms with van der Waals surface area (Å²) < 4.78 is 5.05. The van der Waals surface area contributed by atoms with Gasteiger partial charge in [-0.1, -0.05) is 47.5 Å². The van der Waals surface area contributed by atoms with Crippen molar-refractivity contribution in [2.75, 3.05) is 11.9 Å². The maximum Gasteiger partial charge on any atom is 0.306 e. The van der Waals surface area contributed by atoms with E-state index in [2.05, 4.69) is 10.3 Å². The first-order valence-electron chi connectivity index (χ1n) is 8.41. The number of hydrogen-bond donors (Lipinski definition) is 2. The second-order valence-electron chi connectivity index (χ2n) is 6.12. The second-order valence-corrected chi connectivity index (χ2v) is 6.91. The number of benzene rings is 2. The third kappa shape index (κ3) is 4.62. The lowest BCUT2D eigenvalue weighted by molar-refractivity contribution is -0.147. The number of para-hydroxylation sites is 1. The van der Waals surface area contributed by atoms with Gasteiger partial charge in [0.1, 0.15) is 0 Å². The quantitative estimate of drug-likeness (QED) is 0.574. The molecule has 1 amide bonds. The summed E-state index contributed by atoms with van der Waals surface area (Å²) in [6, 6.07) is 11.3. The molecule has 5 nitrogen and oxygen atoms in total. The van der Waals surface area contributed by atoms with E-state index in [0.29, 0.717) is 22.2 Å². The molecular formula is C20H18Cl2N2O3. The van der Waals surface area contributed by atoms with Gasteiger partial charge in [-0.25, -0.2) is 0 Å². The van der Waals surface area contributed by atoms with Crippen LogP contribution >= 0.6 is 23.2 Å². The van der Waals surface area contributed by atoms with Crippen molar-refractivity contribution in [2.24, 2.45) is 0 Å². The van der Waals surface area contributed by atoms with Gasteiger partial charge in [-0.2, -0.15) is 0 Å². The van der Waals surface area contributed by atoms with Crippen LogP contribution in [0.2, 0.25) is 10.0 Å². The highest BCUT2D eigenvalue weighted by Crippen LogP contribution is 2.32. The Bertz CT molecular complexity index is 998. The van der Waals surface area contributed by atoms with Gasteiger partial charge in [-0.3, -0.25) is 9.59 Å². The molecule has 0 aliphatic heterocycles. The zero-order chi connectivity index (χ0) is 19.4. The molecule has 0 saturated heterocycles. The van der Waals surface area contributed by atoms with Gasteiger partial charge in [0.25, 0.3) is 5.91 Å². The van der Waals surface area contributed by atoms with Crippen LogP contribution in [-0.4, -0.2) is 23.5 Å². The minimum atomic E-state index is -0.496. The van der Waals surface area contributed by atoms with Gasteiger partial charge >= 0.3 is 5.97 Å². The smallest absolute Gasteiger partial charge is 0.306 e. The van der Waals surface area contributed by atoms with Crippen LogP contribution in [0.4, 0.5) is 5.69 Å². The zero-order valence-corrected chi connectivity index (χ0v) is 16.2. The fourth-order valence-electron chi connectivity index (χ4n) is 2.74. The number of aryl methyl sites for hydroxylation is 2. The van der Waals surface area contributed by atoms with Crippen LogP contribution in [0, 0.1) is 6.92 Å². The van der Waals surface area contributed by atoms with Crippen molar-refractivity contribution in [3.05, 3.63) is 63.8 Å². The van der Waals surface area contributed by atoms with E-state index in [-0.39, 0.29) is 6.42 Å². The Labute approximate surface area is 166 Å². The number of esters is 1. The number of rotatable bonds is 6. The summed E-state index contributed by atoms with van der Waals surface area (Å²) in [4.78, 5) is 27.1. The third-order valence-electron chi connectivity index (χ3n) is 4.19. The second kappa shape index (κ2) is 8.46. The number of hydrogen-bond acceptors (Lipinski definition) is 3. The number of fused-ring (bicyclic) bond motifs is 1. The van der Waals surface area contributed by atoms with Crippen LogP contribution in [0.15, 0.2) is 42.6 Å². The van der Waals surface area contributed by atoms with Crippen LogP contribution in [0.5, 0.6) is 0 Å². The van der Waals surface area contributed by atoms with Crippen LogP contribution < -0.4 is 5.32 Å². The molecule has 0 unspecified atom stereocenters. The molecule has 0 aliphatic carbocycles. The average molecular weight is 405 g/mol. The molecule has 27 heavy (non-hydrogen) atoms. The molecule has 0 saturated carbocycles. The van der Waals surface area contributed by atoms with E-state index in [1.165, 1.54) is 0 Å². The number of anilines is 1. The standard InChI is InChI=1S/C20H18Cl2N2O3/c1-12-6-8-15(21)20(19(12)22)24-17(25)11-27-18(26)9-7-13-10-23-16-5-3-2-4-14(13)16/h2-6,8,10,23H,7,9,11H2,1H3,(H,24,25). The number of ether oxygens (including phenoxy) is 1. The fourth-order valence-corrected chi connectivity index (χ4v) is 3.21. The topological polar surface area (TPSA) is 71.2 Å². The Hall–Kier alpha value is -2.50. The average Bonchev–Trinajstić information content (AvgIpc) is 3.08. The van der Waals surface area contributed by atoms with Crippen LogP contribution in [0.25, 0.3) is 10.9 Å². The van der Waals surface area contributed by atoms with Crippen LogP contribution in [0.3, 0.4) is 0 Å². The Morgan fingerprint density at radius 3 is 2.74 bits per heavy atom. The van der Waals surface area contributed by atoms with Crippen LogP contribution in [0.1, 0.15) is 17.5 Å². The molecular weight excluding hydrogens is 387 g/mol. The summed E-state index contributed by atoms with van der Waals surface area (Å²) in [5, 5.41) is 4.35. The SMILES string of the molecule is Cc1ccc(Cl)c(NC(=O)COC(=O)CCc2c[nH]c3ccccc23)c1Cl. The van der Waals surface area contributed by atoms with Gasteiger partial charge in [-0.15, -0.1) is 0 Å². The fraction of sp³-hybridized carbons (Fsp3) is 0.200. The summed E-state index contributed by atoms with van der Waals surface area (Å²) in [7, 11) is 0. The summed E-state index contributed by atoms with van der Waals surface area (Å²) in [5.74, 6) is -0.943. The Morgan fingerprint density at radius 1 is 1.15 bits per heavy atom. The van der Waals surface area contributed by atoms with Crippen molar-refractivity contribution in [2.45, 2.75) is 19.8 Å². The van der Waals surface area contributed by atoms with Gasteiger partial charge in [0.2, 0.25) is 0 Å². The normalized spacial score (nSPS) is 10.8. The number of carbonyl (C=O) groups is 2. The number of nitrogens with one attached hydrogen (secondary N) is 2. The lowest BCUT2D eigenvalue weighted by atomic mass is 10.1. The highest BCUT2D eigenvalue weighted by atomic mass is 35.5. The minimum Gasteiger partial charge on any atom is -0.456 e. The van der Waals surface area contributed by atoms with Gasteiger partial charge in [0, 0.05) is 23.5 Å². The van der Waals surface area contributed by atoms with Crippen LogP contribution in [-0.2, 0) is 20.7 Å². The molecule has 0 bridgehead atoms. The third-order valence-corrected chi connectivity index (χ3v) is 4.99. The lowest BCUT2D eigenvalue weighted by Crippen LogP contribution is -2.21. The largest absolute Gasteiger partial charge is 0.456 e. The molecule has 0 fully saturated rings. The summed E-state index contributed by atoms with van der Waals surface area (Å²) in [6.07, 6.45) is 2.59. The molecule has 0 aliphatic rings. The van der Waals surface area contributed by atoms with Crippen molar-refractivity contribution < 1.29 is 14.3 Å². The van der Waals surface area contributed by atoms with E-state index in [4.69, 9.17) is 27.9 Å². The Kier molecular flexibility index (Phi) is 6.04. The highest BCUT2D eigenvalue weighted by molar-refractivity contribution is 6.40. The molecule has 3 rings (SSSR count). The van der Waals surface area contributed by atoms with Gasteiger partial charge < -0.3 is 15.0 Å². The predicted octanol–water partition coefficient (Wildman–Crippen LogP) is 4.90. The Morgan fingerprint density at radius 2 is 1.93 bits per heavy atom.